The molecule has 3 aromatic carbocycles. The number of fused-ring (bicyclic) bond motifs is 1. The third-order valence-electron chi connectivity index (χ3n) is 6.43. The minimum Gasteiger partial charge on any atom is -0.383 e. The van der Waals surface area contributed by atoms with Gasteiger partial charge in [-0.3, -0.25) is 0 Å². The van der Waals surface area contributed by atoms with E-state index in [1.54, 1.807) is 11.3 Å². The fourth-order valence-electron chi connectivity index (χ4n) is 4.41. The quantitative estimate of drug-likeness (QED) is 0.218. The number of nitrogens with one attached hydrogen (secondary N) is 2. The van der Waals surface area contributed by atoms with E-state index in [9.17, 15) is 4.79 Å². The normalized spacial score (nSPS) is 10.9. The Labute approximate surface area is 226 Å². The molecule has 5 aromatic rings. The molecule has 0 radical (unpaired) electrons. The lowest BCUT2D eigenvalue weighted by molar-refractivity contribution is 0.262. The average Bonchev–Trinajstić information content (AvgIpc) is 3.28. The van der Waals surface area contributed by atoms with E-state index in [-0.39, 0.29) is 6.03 Å². The zero-order valence-electron chi connectivity index (χ0n) is 21.7. The predicted molar refractivity (Wildman–Crippen MR) is 159 cm³/mol. The first kappa shape index (κ1) is 25.2. The highest BCUT2D eigenvalue weighted by Gasteiger charge is 2.18. The number of nitrogens with two attached hydrogens (primary N) is 1. The van der Waals surface area contributed by atoms with Crippen LogP contribution in [0.15, 0.2) is 79.1 Å². The van der Waals surface area contributed by atoms with Crippen LogP contribution in [0, 0.1) is 0 Å². The molecule has 2 amide bonds. The highest BCUT2D eigenvalue weighted by Crippen LogP contribution is 2.41. The number of nitrogen functional groups attached to an aromatic ring is 1. The van der Waals surface area contributed by atoms with Gasteiger partial charge < -0.3 is 21.3 Å². The number of hydrogen-bond acceptors (Lipinski definition) is 6. The summed E-state index contributed by atoms with van der Waals surface area (Å²) in [6.45, 7) is 2.09. The maximum Gasteiger partial charge on any atom is 0.323 e. The van der Waals surface area contributed by atoms with Gasteiger partial charge in [0.05, 0.1) is 5.39 Å². The van der Waals surface area contributed by atoms with Crippen molar-refractivity contribution in [3.8, 4) is 11.1 Å². The molecule has 0 saturated heterocycles. The predicted octanol–water partition coefficient (Wildman–Crippen LogP) is 6.80. The minimum atomic E-state index is -0.286. The summed E-state index contributed by atoms with van der Waals surface area (Å²) in [6.07, 6.45) is 3.17. The summed E-state index contributed by atoms with van der Waals surface area (Å²) in [6, 6.07) is 23.9. The molecule has 4 N–H and O–H groups in total. The molecule has 38 heavy (non-hydrogen) atoms. The van der Waals surface area contributed by atoms with E-state index in [1.807, 2.05) is 62.6 Å². The van der Waals surface area contributed by atoms with Crippen molar-refractivity contribution >= 4 is 50.5 Å². The zero-order chi connectivity index (χ0) is 26.6. The molecule has 0 aliphatic rings. The molecule has 0 atom stereocenters. The maximum absolute atomic E-state index is 12.6. The first-order valence-corrected chi connectivity index (χ1v) is 13.3. The highest BCUT2D eigenvalue weighted by atomic mass is 32.1. The fraction of sp³-hybridized carbons (Fsp3) is 0.167. The van der Waals surface area contributed by atoms with Crippen LogP contribution in [0.2, 0.25) is 0 Å². The first-order valence-electron chi connectivity index (χ1n) is 12.5. The van der Waals surface area contributed by atoms with Crippen molar-refractivity contribution in [2.24, 2.45) is 0 Å². The molecule has 2 aromatic heterocycles. The molecule has 192 valence electrons. The molecule has 7 nitrogen and oxygen atoms in total. The summed E-state index contributed by atoms with van der Waals surface area (Å²) >= 11 is 1.64. The summed E-state index contributed by atoms with van der Waals surface area (Å²) in [5, 5.41) is 6.69. The monoisotopic (exact) mass is 522 g/mol. The fourth-order valence-corrected chi connectivity index (χ4v) is 5.61. The molecule has 0 unspecified atom stereocenters. The number of aromatic nitrogens is 2. The van der Waals surface area contributed by atoms with Crippen LogP contribution in [0.25, 0.3) is 21.3 Å². The van der Waals surface area contributed by atoms with Gasteiger partial charge in [-0.05, 0) is 59.5 Å². The van der Waals surface area contributed by atoms with E-state index in [4.69, 9.17) is 5.73 Å². The zero-order valence-corrected chi connectivity index (χ0v) is 22.5. The number of benzene rings is 3. The summed E-state index contributed by atoms with van der Waals surface area (Å²) in [5.74, 6) is 0.464. The van der Waals surface area contributed by atoms with Crippen LogP contribution in [-0.4, -0.2) is 30.1 Å². The maximum atomic E-state index is 12.6. The lowest BCUT2D eigenvalue weighted by Crippen LogP contribution is -2.19. The van der Waals surface area contributed by atoms with Crippen LogP contribution in [0.5, 0.6) is 0 Å². The number of thiophene rings is 1. The van der Waals surface area contributed by atoms with Crippen molar-refractivity contribution in [1.82, 2.24) is 9.97 Å². The van der Waals surface area contributed by atoms with Gasteiger partial charge in [0.15, 0.2) is 0 Å². The summed E-state index contributed by atoms with van der Waals surface area (Å²) in [4.78, 5) is 25.4. The number of rotatable bonds is 7. The van der Waals surface area contributed by atoms with Crippen LogP contribution >= 0.6 is 11.3 Å². The Balaban J connectivity index is 1.40. The van der Waals surface area contributed by atoms with Crippen molar-refractivity contribution in [3.63, 3.8) is 0 Å². The van der Waals surface area contributed by atoms with E-state index in [1.165, 1.54) is 22.3 Å². The molecule has 0 bridgehead atoms. The van der Waals surface area contributed by atoms with Gasteiger partial charge in [0.2, 0.25) is 0 Å². The van der Waals surface area contributed by atoms with Crippen LogP contribution < -0.4 is 21.3 Å². The van der Waals surface area contributed by atoms with Crippen LogP contribution in [0.3, 0.4) is 0 Å². The number of urea groups is 1. The van der Waals surface area contributed by atoms with Gasteiger partial charge in [0.1, 0.15) is 17.0 Å². The lowest BCUT2D eigenvalue weighted by atomic mass is 9.99. The summed E-state index contributed by atoms with van der Waals surface area (Å²) < 4.78 is 0. The summed E-state index contributed by atoms with van der Waals surface area (Å²) in [5.41, 5.74) is 13.4. The third kappa shape index (κ3) is 5.45. The second-order valence-electron chi connectivity index (χ2n) is 9.29. The van der Waals surface area contributed by atoms with Gasteiger partial charge in [-0.15, -0.1) is 11.3 Å². The van der Waals surface area contributed by atoms with E-state index >= 15 is 0 Å². The van der Waals surface area contributed by atoms with Crippen LogP contribution in [-0.2, 0) is 12.8 Å². The Morgan fingerprint density at radius 3 is 2.37 bits per heavy atom. The number of hydrogen-bond donors (Lipinski definition) is 3. The van der Waals surface area contributed by atoms with Gasteiger partial charge in [0.25, 0.3) is 0 Å². The van der Waals surface area contributed by atoms with E-state index in [0.717, 1.165) is 45.6 Å². The van der Waals surface area contributed by atoms with Gasteiger partial charge in [-0.2, -0.15) is 0 Å². The van der Waals surface area contributed by atoms with Gasteiger partial charge in [0, 0.05) is 48.0 Å². The number of amides is 2. The molecule has 0 spiro atoms. The van der Waals surface area contributed by atoms with Crippen molar-refractivity contribution in [3.05, 3.63) is 95.1 Å². The molecule has 0 aliphatic carbocycles. The van der Waals surface area contributed by atoms with Gasteiger partial charge in [-0.25, -0.2) is 14.8 Å². The van der Waals surface area contributed by atoms with E-state index in [0.29, 0.717) is 11.5 Å². The Morgan fingerprint density at radius 2 is 1.66 bits per heavy atom. The molecular weight excluding hydrogens is 492 g/mol. The smallest absolute Gasteiger partial charge is 0.323 e. The molecule has 2 heterocycles. The molecular formula is C30H30N6OS. The van der Waals surface area contributed by atoms with Crippen molar-refractivity contribution < 1.29 is 4.79 Å². The molecule has 0 fully saturated rings. The lowest BCUT2D eigenvalue weighted by Gasteiger charge is -2.13. The molecule has 8 heteroatoms. The standard InChI is InChI=1S/C30H30N6OS/c1-4-19-6-5-7-23(16-19)35-30(37)34-22-12-10-21(11-13-22)26-25(38-29-27(26)28(31)32-18-33-29)17-20-8-14-24(15-9-20)36(2)3/h5-16,18H,4,17H2,1-3H3,(H2,31,32,33)(H2,34,35,37). The Kier molecular flexibility index (Phi) is 7.24. The molecule has 0 saturated carbocycles. The van der Waals surface area contributed by atoms with E-state index in [2.05, 4.69) is 56.7 Å². The molecule has 0 aliphatic heterocycles. The Morgan fingerprint density at radius 1 is 0.921 bits per heavy atom. The molecule has 5 rings (SSSR count). The van der Waals surface area contributed by atoms with Crippen molar-refractivity contribution in [1.29, 1.82) is 0 Å². The van der Waals surface area contributed by atoms with E-state index < -0.39 is 0 Å². The number of carbonyl (C=O) groups excluding carboxylic acids is 1. The number of anilines is 4. The highest BCUT2D eigenvalue weighted by molar-refractivity contribution is 7.19. The van der Waals surface area contributed by atoms with Gasteiger partial charge >= 0.3 is 6.03 Å². The van der Waals surface area contributed by atoms with Crippen molar-refractivity contribution in [2.75, 3.05) is 35.4 Å². The Bertz CT molecular complexity index is 1580. The minimum absolute atomic E-state index is 0.286. The summed E-state index contributed by atoms with van der Waals surface area (Å²) in [7, 11) is 4.07. The van der Waals surface area contributed by atoms with Gasteiger partial charge in [-0.1, -0.05) is 43.3 Å². The third-order valence-corrected chi connectivity index (χ3v) is 7.53. The SMILES string of the molecule is CCc1cccc(NC(=O)Nc2ccc(-c3c(Cc4ccc(N(C)C)cc4)sc4ncnc(N)c34)cc2)c1. The Hall–Kier alpha value is -4.43. The number of aryl methyl sites for hydroxylation is 1. The number of nitrogens with zero attached hydrogens (tertiary/aromatic N) is 3. The number of carbonyl (C=O) groups is 1. The second-order valence-corrected chi connectivity index (χ2v) is 10.4. The second kappa shape index (κ2) is 10.9. The van der Waals surface area contributed by atoms with Crippen LogP contribution in [0.1, 0.15) is 22.9 Å². The van der Waals surface area contributed by atoms with Crippen molar-refractivity contribution in [2.45, 2.75) is 19.8 Å². The largest absolute Gasteiger partial charge is 0.383 e. The van der Waals surface area contributed by atoms with Crippen LogP contribution in [0.4, 0.5) is 27.7 Å². The first-order chi connectivity index (χ1) is 18.4. The average molecular weight is 523 g/mol. The topological polar surface area (TPSA) is 96.2 Å².